The zero-order chi connectivity index (χ0) is 36.8. The van der Waals surface area contributed by atoms with E-state index in [1.165, 1.54) is 46.9 Å². The molecule has 0 bridgehead atoms. The molecule has 0 fully saturated rings. The minimum Gasteiger partial charge on any atom is -0.340 e. The number of carbonyl (C=O) groups is 1. The number of aryl methyl sites for hydroxylation is 1. The Morgan fingerprint density at radius 3 is 2.34 bits per heavy atom. The molecule has 1 atom stereocenters. The lowest BCUT2D eigenvalue weighted by Gasteiger charge is -2.23. The van der Waals surface area contributed by atoms with E-state index < -0.39 is 57.4 Å². The van der Waals surface area contributed by atoms with Crippen LogP contribution in [0.5, 0.6) is 0 Å². The predicted octanol–water partition coefficient (Wildman–Crippen LogP) is 4.57. The maximum atomic E-state index is 14.2. The highest BCUT2D eigenvalue weighted by atomic mass is 35.5. The van der Waals surface area contributed by atoms with Crippen LogP contribution in [0.15, 0.2) is 53.6 Å². The highest BCUT2D eigenvalue weighted by Gasteiger charge is 2.40. The minimum atomic E-state index is -5.35. The number of nitrogens with zero attached hydrogens (tertiary/aromatic N) is 5. The number of fused-ring (bicyclic) bond motifs is 1. The summed E-state index contributed by atoms with van der Waals surface area (Å²) >= 11 is 6.48. The van der Waals surface area contributed by atoms with Crippen molar-refractivity contribution >= 4 is 44.3 Å². The number of aromatic nitrogens is 6. The summed E-state index contributed by atoms with van der Waals surface area (Å²) in [6.07, 6.45) is -3.79. The molecule has 5 rings (SSSR count). The highest BCUT2D eigenvalue weighted by Crippen LogP contribution is 2.40. The van der Waals surface area contributed by atoms with Crippen LogP contribution in [-0.4, -0.2) is 56.3 Å². The lowest BCUT2D eigenvalue weighted by atomic mass is 9.93. The number of rotatable bonds is 8. The van der Waals surface area contributed by atoms with Crippen molar-refractivity contribution in [2.24, 2.45) is 7.05 Å². The predicted molar refractivity (Wildman–Crippen MR) is 173 cm³/mol. The van der Waals surface area contributed by atoms with Crippen molar-refractivity contribution in [2.45, 2.75) is 38.0 Å². The van der Waals surface area contributed by atoms with Crippen LogP contribution in [0.1, 0.15) is 36.8 Å². The van der Waals surface area contributed by atoms with Gasteiger partial charge in [-0.2, -0.15) is 23.4 Å². The molecule has 0 radical (unpaired) electrons. The smallest absolute Gasteiger partial charge is 0.340 e. The van der Waals surface area contributed by atoms with Gasteiger partial charge in [-0.1, -0.05) is 23.6 Å². The van der Waals surface area contributed by atoms with Gasteiger partial charge in [0.2, 0.25) is 10.0 Å². The number of sulfonamides is 1. The Balaban J connectivity index is 1.78. The van der Waals surface area contributed by atoms with Crippen molar-refractivity contribution in [1.29, 1.82) is 0 Å². The Bertz CT molecular complexity index is 2360. The number of pyridine rings is 1. The first-order valence-corrected chi connectivity index (χ1v) is 16.6. The molecule has 3 aromatic heterocycles. The maximum absolute atomic E-state index is 14.2. The topological polar surface area (TPSA) is 157 Å². The summed E-state index contributed by atoms with van der Waals surface area (Å²) in [5.41, 5.74) is -1.46. The number of benzene rings is 2. The van der Waals surface area contributed by atoms with Crippen LogP contribution in [0.2, 0.25) is 5.02 Å². The minimum absolute atomic E-state index is 0.0142. The molecule has 0 aliphatic rings. The fourth-order valence-corrected chi connectivity index (χ4v) is 5.96. The number of nitrogens with one attached hydrogen (secondary N) is 3. The number of aromatic amines is 1. The van der Waals surface area contributed by atoms with Crippen molar-refractivity contribution in [3.63, 3.8) is 0 Å². The first-order valence-electron chi connectivity index (χ1n) is 14.4. The van der Waals surface area contributed by atoms with E-state index in [-0.39, 0.29) is 49.8 Å². The van der Waals surface area contributed by atoms with Crippen molar-refractivity contribution in [1.82, 2.24) is 34.8 Å². The molecule has 0 spiro atoms. The van der Waals surface area contributed by atoms with Gasteiger partial charge in [0.1, 0.15) is 29.2 Å². The van der Waals surface area contributed by atoms with Gasteiger partial charge in [-0.05, 0) is 62.1 Å². The molecular formula is C31H26ClF5N8O4S. The fraction of sp³-hybridized carbons (Fsp3) is 0.258. The molecule has 1 unspecified atom stereocenters. The third-order valence-electron chi connectivity index (χ3n) is 7.34. The lowest BCUT2D eigenvalue weighted by Crippen LogP contribution is -2.40. The molecule has 0 saturated carbocycles. The number of hydrogen-bond donors (Lipinski definition) is 3. The first kappa shape index (κ1) is 36.0. The Labute approximate surface area is 285 Å². The van der Waals surface area contributed by atoms with E-state index in [4.69, 9.17) is 11.6 Å². The number of carbonyl (C=O) groups excluding carboxylic acids is 1. The molecule has 19 heteroatoms. The molecule has 5 aromatic rings. The van der Waals surface area contributed by atoms with Crippen LogP contribution in [0.25, 0.3) is 22.0 Å². The quantitative estimate of drug-likeness (QED) is 0.156. The van der Waals surface area contributed by atoms with Gasteiger partial charge in [-0.25, -0.2) is 32.1 Å². The summed E-state index contributed by atoms with van der Waals surface area (Å²) in [6, 6.07) is 6.47. The average Bonchev–Trinajstić information content (AvgIpc) is 3.57. The number of amides is 1. The molecule has 50 heavy (non-hydrogen) atoms. The molecule has 3 heterocycles. The van der Waals surface area contributed by atoms with Crippen LogP contribution in [-0.2, 0) is 33.8 Å². The number of hydrogen-bond acceptors (Lipinski definition) is 7. The summed E-state index contributed by atoms with van der Waals surface area (Å²) in [6.45, 7) is 3.21. The van der Waals surface area contributed by atoms with Crippen LogP contribution >= 0.6 is 11.6 Å². The monoisotopic (exact) mass is 736 g/mol. The van der Waals surface area contributed by atoms with Gasteiger partial charge in [0, 0.05) is 24.2 Å². The Morgan fingerprint density at radius 1 is 1.08 bits per heavy atom. The van der Waals surface area contributed by atoms with Gasteiger partial charge in [-0.15, -0.1) is 0 Å². The van der Waals surface area contributed by atoms with E-state index in [2.05, 4.69) is 36.8 Å². The van der Waals surface area contributed by atoms with E-state index in [1.54, 1.807) is 13.8 Å². The van der Waals surface area contributed by atoms with Crippen molar-refractivity contribution in [2.75, 3.05) is 11.0 Å². The molecule has 3 N–H and O–H groups in total. The van der Waals surface area contributed by atoms with E-state index in [0.29, 0.717) is 6.07 Å². The number of halogens is 6. The average molecular weight is 737 g/mol. The summed E-state index contributed by atoms with van der Waals surface area (Å²) in [4.78, 5) is 29.1. The highest BCUT2D eigenvalue weighted by molar-refractivity contribution is 7.92. The number of H-pyrrole nitrogens is 1. The van der Waals surface area contributed by atoms with Gasteiger partial charge >= 0.3 is 17.8 Å². The zero-order valence-corrected chi connectivity index (χ0v) is 28.0. The van der Waals surface area contributed by atoms with Crippen LogP contribution in [0, 0.1) is 23.5 Å². The van der Waals surface area contributed by atoms with Gasteiger partial charge in [0.05, 0.1) is 33.9 Å². The van der Waals surface area contributed by atoms with Crippen molar-refractivity contribution in [3.05, 3.63) is 92.9 Å². The van der Waals surface area contributed by atoms with Crippen LogP contribution < -0.4 is 15.7 Å². The summed E-state index contributed by atoms with van der Waals surface area (Å²) < 4.78 is 98.4. The molecule has 1 amide bonds. The molecule has 12 nitrogen and oxygen atoms in total. The standard InChI is InChI=1S/C31H26ClF5N8O4S/c1-30(2,45-15-38-41-29(45)47)10-9-19-5-6-20(21-7-8-22(32)24-26(21)44(3)42-27(24)43-50(4,48)49)25(39-19)23(40-28(46)31(35,36)37)13-16-11-17(33)14-18(34)12-16/h5-8,11-12,14-15,23H,13H2,1-4H3,(H,40,46)(H,41,47)(H,42,43). The largest absolute Gasteiger partial charge is 0.471 e. The molecule has 0 saturated heterocycles. The number of anilines is 1. The fourth-order valence-electron chi connectivity index (χ4n) is 5.22. The molecule has 2 aromatic carbocycles. The second-order valence-corrected chi connectivity index (χ2v) is 13.8. The third-order valence-corrected chi connectivity index (χ3v) is 8.22. The molecule has 0 aliphatic heterocycles. The van der Waals surface area contributed by atoms with E-state index in [0.717, 1.165) is 18.4 Å². The molecule has 262 valence electrons. The molecular weight excluding hydrogens is 711 g/mol. The van der Waals surface area contributed by atoms with E-state index >= 15 is 0 Å². The number of alkyl halides is 3. The van der Waals surface area contributed by atoms with E-state index in [9.17, 15) is 40.0 Å². The van der Waals surface area contributed by atoms with Gasteiger partial charge in [0.25, 0.3) is 0 Å². The molecule has 0 aliphatic carbocycles. The maximum Gasteiger partial charge on any atom is 0.471 e. The van der Waals surface area contributed by atoms with Crippen molar-refractivity contribution < 1.29 is 35.2 Å². The van der Waals surface area contributed by atoms with E-state index in [1.807, 2.05) is 5.32 Å². The van der Waals surface area contributed by atoms with Gasteiger partial charge < -0.3 is 5.32 Å². The summed E-state index contributed by atoms with van der Waals surface area (Å²) in [5, 5.41) is 12.3. The third kappa shape index (κ3) is 7.79. The van der Waals surface area contributed by atoms with Gasteiger partial charge in [-0.3, -0.25) is 18.8 Å². The first-order chi connectivity index (χ1) is 23.2. The van der Waals surface area contributed by atoms with Crippen LogP contribution in [0.3, 0.4) is 0 Å². The zero-order valence-electron chi connectivity index (χ0n) is 26.4. The second kappa shape index (κ2) is 13.2. The Hall–Kier alpha value is -5.28. The van der Waals surface area contributed by atoms with Gasteiger partial charge in [0.15, 0.2) is 5.82 Å². The summed E-state index contributed by atoms with van der Waals surface area (Å²) in [7, 11) is -2.36. The SMILES string of the molecule is Cn1nc(NS(C)(=O)=O)c2c(Cl)ccc(-c3ccc(C#CC(C)(C)n4cn[nH]c4=O)nc3C(Cc3cc(F)cc(F)c3)NC(=O)C(F)(F)F)c21. The Morgan fingerprint density at radius 2 is 1.74 bits per heavy atom. The normalized spacial score (nSPS) is 12.8. The second-order valence-electron chi connectivity index (χ2n) is 11.6. The Kier molecular flexibility index (Phi) is 9.51. The lowest BCUT2D eigenvalue weighted by molar-refractivity contribution is -0.174. The van der Waals surface area contributed by atoms with Crippen LogP contribution in [0.4, 0.5) is 27.8 Å². The van der Waals surface area contributed by atoms with Crippen molar-refractivity contribution in [3.8, 4) is 23.0 Å². The summed E-state index contributed by atoms with van der Waals surface area (Å²) in [5.74, 6) is 1.16.